The summed E-state index contributed by atoms with van der Waals surface area (Å²) in [6.07, 6.45) is 3.34. The van der Waals surface area contributed by atoms with Crippen molar-refractivity contribution < 1.29 is 19.1 Å². The molecule has 1 aliphatic heterocycles. The lowest BCUT2D eigenvalue weighted by molar-refractivity contribution is -0.139. The number of hydrogen-bond acceptors (Lipinski definition) is 4. The first-order valence-electron chi connectivity index (χ1n) is 9.02. The Labute approximate surface area is 155 Å². The maximum absolute atomic E-state index is 12.4. The van der Waals surface area contributed by atoms with Gasteiger partial charge in [-0.15, -0.1) is 0 Å². The zero-order chi connectivity index (χ0) is 19.1. The number of carbonyl (C=O) groups is 2. The summed E-state index contributed by atoms with van der Waals surface area (Å²) in [5.74, 6) is 1.42. The van der Waals surface area contributed by atoms with Gasteiger partial charge >= 0.3 is 0 Å². The second kappa shape index (κ2) is 9.27. The van der Waals surface area contributed by atoms with E-state index in [0.29, 0.717) is 44.3 Å². The summed E-state index contributed by atoms with van der Waals surface area (Å²) in [7, 11) is 1.60. The molecule has 1 fully saturated rings. The fourth-order valence-electron chi connectivity index (χ4n) is 2.85. The smallest absolute Gasteiger partial charge is 0.246 e. The minimum atomic E-state index is -0.0459. The van der Waals surface area contributed by atoms with Crippen LogP contribution in [0.15, 0.2) is 24.3 Å². The van der Waals surface area contributed by atoms with Crippen molar-refractivity contribution >= 4 is 17.9 Å². The van der Waals surface area contributed by atoms with Gasteiger partial charge < -0.3 is 19.3 Å². The zero-order valence-corrected chi connectivity index (χ0v) is 16.0. The van der Waals surface area contributed by atoms with Crippen LogP contribution in [0.4, 0.5) is 0 Å². The second-order valence-electron chi connectivity index (χ2n) is 6.48. The second-order valence-corrected chi connectivity index (χ2v) is 6.48. The predicted molar refractivity (Wildman–Crippen MR) is 101 cm³/mol. The summed E-state index contributed by atoms with van der Waals surface area (Å²) >= 11 is 0. The monoisotopic (exact) mass is 360 g/mol. The molecule has 26 heavy (non-hydrogen) atoms. The number of piperazine rings is 1. The molecule has 2 amide bonds. The maximum atomic E-state index is 12.4. The number of amides is 2. The molecule has 0 atom stereocenters. The molecule has 1 heterocycles. The highest BCUT2D eigenvalue weighted by molar-refractivity contribution is 5.92. The van der Waals surface area contributed by atoms with E-state index in [0.717, 1.165) is 5.56 Å². The Hall–Kier alpha value is -2.50. The van der Waals surface area contributed by atoms with Crippen molar-refractivity contribution in [3.05, 3.63) is 29.8 Å². The van der Waals surface area contributed by atoms with Crippen molar-refractivity contribution in [2.24, 2.45) is 5.92 Å². The van der Waals surface area contributed by atoms with Gasteiger partial charge in [-0.3, -0.25) is 9.59 Å². The first-order chi connectivity index (χ1) is 12.5. The Kier molecular flexibility index (Phi) is 7.06. The van der Waals surface area contributed by atoms with Crippen LogP contribution in [-0.4, -0.2) is 61.5 Å². The van der Waals surface area contributed by atoms with Crippen molar-refractivity contribution in [3.63, 3.8) is 0 Å². The molecule has 0 bridgehead atoms. The van der Waals surface area contributed by atoms with Crippen molar-refractivity contribution in [1.29, 1.82) is 0 Å². The van der Waals surface area contributed by atoms with Gasteiger partial charge in [0.15, 0.2) is 11.5 Å². The van der Waals surface area contributed by atoms with Crippen molar-refractivity contribution in [2.75, 3.05) is 39.9 Å². The molecule has 0 spiro atoms. The van der Waals surface area contributed by atoms with Gasteiger partial charge in [0.05, 0.1) is 13.7 Å². The summed E-state index contributed by atoms with van der Waals surface area (Å²) in [6, 6.07) is 5.56. The molecule has 0 radical (unpaired) electrons. The third-order valence-corrected chi connectivity index (χ3v) is 4.30. The Morgan fingerprint density at radius 1 is 1.12 bits per heavy atom. The molecule has 1 aliphatic rings. The molecule has 2 rings (SSSR count). The van der Waals surface area contributed by atoms with Crippen LogP contribution in [0.5, 0.6) is 11.5 Å². The molecule has 6 nitrogen and oxygen atoms in total. The maximum Gasteiger partial charge on any atom is 0.246 e. The highest BCUT2D eigenvalue weighted by Crippen LogP contribution is 2.28. The number of methoxy groups -OCH3 is 1. The quantitative estimate of drug-likeness (QED) is 0.731. The highest BCUT2D eigenvalue weighted by Gasteiger charge is 2.24. The van der Waals surface area contributed by atoms with E-state index in [9.17, 15) is 9.59 Å². The number of ether oxygens (including phenoxy) is 2. The van der Waals surface area contributed by atoms with Crippen LogP contribution in [0.1, 0.15) is 26.3 Å². The molecule has 142 valence electrons. The fraction of sp³-hybridized carbons (Fsp3) is 0.500. The molecule has 1 aromatic carbocycles. The standard InChI is InChI=1S/C20H28N2O4/c1-5-26-18-14-16(6-8-17(18)25-4)7-9-19(23)21-10-12-22(13-11-21)20(24)15(2)3/h6-9,14-15H,5,10-13H2,1-4H3/b9-7+. The molecule has 0 aromatic heterocycles. The van der Waals surface area contributed by atoms with E-state index in [-0.39, 0.29) is 17.7 Å². The zero-order valence-electron chi connectivity index (χ0n) is 16.0. The summed E-state index contributed by atoms with van der Waals surface area (Å²) in [4.78, 5) is 28.0. The number of carbonyl (C=O) groups excluding carboxylic acids is 2. The first-order valence-corrected chi connectivity index (χ1v) is 9.02. The van der Waals surface area contributed by atoms with Crippen LogP contribution in [0.3, 0.4) is 0 Å². The van der Waals surface area contributed by atoms with E-state index in [1.54, 1.807) is 24.2 Å². The summed E-state index contributed by atoms with van der Waals surface area (Å²) < 4.78 is 10.8. The minimum absolute atomic E-state index is 0.00763. The van der Waals surface area contributed by atoms with Gasteiger partial charge in [-0.1, -0.05) is 19.9 Å². The molecule has 1 saturated heterocycles. The van der Waals surface area contributed by atoms with Crippen LogP contribution < -0.4 is 9.47 Å². The topological polar surface area (TPSA) is 59.1 Å². The van der Waals surface area contributed by atoms with E-state index < -0.39 is 0 Å². The molecule has 0 saturated carbocycles. The van der Waals surface area contributed by atoms with Crippen LogP contribution in [-0.2, 0) is 9.59 Å². The normalized spacial score (nSPS) is 14.8. The Morgan fingerprint density at radius 3 is 2.35 bits per heavy atom. The Morgan fingerprint density at radius 2 is 1.77 bits per heavy atom. The average Bonchev–Trinajstić information content (AvgIpc) is 2.66. The number of rotatable bonds is 6. The van der Waals surface area contributed by atoms with E-state index >= 15 is 0 Å². The van der Waals surface area contributed by atoms with Gasteiger partial charge in [-0.25, -0.2) is 0 Å². The van der Waals surface area contributed by atoms with Gasteiger partial charge in [0.25, 0.3) is 0 Å². The molecule has 0 N–H and O–H groups in total. The minimum Gasteiger partial charge on any atom is -0.493 e. The fourth-order valence-corrected chi connectivity index (χ4v) is 2.85. The summed E-state index contributed by atoms with van der Waals surface area (Å²) in [6.45, 7) is 8.56. The van der Waals surface area contributed by atoms with Crippen molar-refractivity contribution in [2.45, 2.75) is 20.8 Å². The van der Waals surface area contributed by atoms with Gasteiger partial charge in [0.1, 0.15) is 0 Å². The van der Waals surface area contributed by atoms with Crippen LogP contribution in [0, 0.1) is 5.92 Å². The van der Waals surface area contributed by atoms with E-state index in [1.807, 2.05) is 43.9 Å². The van der Waals surface area contributed by atoms with Gasteiger partial charge in [0.2, 0.25) is 11.8 Å². The largest absolute Gasteiger partial charge is 0.493 e. The van der Waals surface area contributed by atoms with Crippen molar-refractivity contribution in [1.82, 2.24) is 9.80 Å². The molecular weight excluding hydrogens is 332 g/mol. The average molecular weight is 360 g/mol. The van der Waals surface area contributed by atoms with E-state index in [2.05, 4.69) is 0 Å². The lowest BCUT2D eigenvalue weighted by Crippen LogP contribution is -2.51. The van der Waals surface area contributed by atoms with Gasteiger partial charge in [-0.05, 0) is 30.7 Å². The van der Waals surface area contributed by atoms with Gasteiger partial charge in [0, 0.05) is 38.2 Å². The van der Waals surface area contributed by atoms with Crippen LogP contribution >= 0.6 is 0 Å². The van der Waals surface area contributed by atoms with E-state index in [4.69, 9.17) is 9.47 Å². The van der Waals surface area contributed by atoms with E-state index in [1.165, 1.54) is 0 Å². The third-order valence-electron chi connectivity index (χ3n) is 4.30. The number of benzene rings is 1. The van der Waals surface area contributed by atoms with Crippen LogP contribution in [0.2, 0.25) is 0 Å². The van der Waals surface area contributed by atoms with Crippen molar-refractivity contribution in [3.8, 4) is 11.5 Å². The number of nitrogens with zero attached hydrogens (tertiary/aromatic N) is 2. The SMILES string of the molecule is CCOc1cc(/C=C/C(=O)N2CCN(C(=O)C(C)C)CC2)ccc1OC. The Balaban J connectivity index is 1.96. The Bertz CT molecular complexity index is 662. The molecule has 0 aliphatic carbocycles. The molecule has 1 aromatic rings. The predicted octanol–water partition coefficient (Wildman–Crippen LogP) is 2.43. The van der Waals surface area contributed by atoms with Gasteiger partial charge in [-0.2, -0.15) is 0 Å². The molecule has 0 unspecified atom stereocenters. The third kappa shape index (κ3) is 5.00. The van der Waals surface area contributed by atoms with Crippen LogP contribution in [0.25, 0.3) is 6.08 Å². The number of hydrogen-bond donors (Lipinski definition) is 0. The molecule has 6 heteroatoms. The summed E-state index contributed by atoms with van der Waals surface area (Å²) in [5.41, 5.74) is 0.872. The first kappa shape index (κ1) is 19.8. The highest BCUT2D eigenvalue weighted by atomic mass is 16.5. The summed E-state index contributed by atoms with van der Waals surface area (Å²) in [5, 5.41) is 0. The lowest BCUT2D eigenvalue weighted by atomic mass is 10.1. The molecular formula is C20H28N2O4. The lowest BCUT2D eigenvalue weighted by Gasteiger charge is -2.35.